The van der Waals surface area contributed by atoms with E-state index >= 15 is 0 Å². The normalized spacial score (nSPS) is 18.2. The first-order chi connectivity index (χ1) is 15.5. The highest BCUT2D eigenvalue weighted by molar-refractivity contribution is 5.91. The molecule has 0 bridgehead atoms. The van der Waals surface area contributed by atoms with Crippen molar-refractivity contribution < 1.29 is 23.2 Å². The Hall–Kier alpha value is -3.29. The fraction of sp³-hybridized carbons (Fsp3) is 0.400. The van der Waals surface area contributed by atoms with Crippen LogP contribution in [0.2, 0.25) is 0 Å². The zero-order valence-electron chi connectivity index (χ0n) is 19.2. The molecule has 0 aromatic heterocycles. The second-order valence-corrected chi connectivity index (χ2v) is 9.08. The van der Waals surface area contributed by atoms with Crippen molar-refractivity contribution >= 4 is 17.7 Å². The molecule has 0 spiro atoms. The van der Waals surface area contributed by atoms with Crippen LogP contribution in [-0.4, -0.2) is 35.3 Å². The summed E-state index contributed by atoms with van der Waals surface area (Å²) in [5.41, 5.74) is 4.43. The third kappa shape index (κ3) is 5.56. The molecule has 1 aliphatic rings. The number of benzene rings is 2. The van der Waals surface area contributed by atoms with Crippen molar-refractivity contribution in [1.82, 2.24) is 15.8 Å². The van der Waals surface area contributed by atoms with Crippen LogP contribution in [0.25, 0.3) is 0 Å². The molecule has 0 saturated carbocycles. The number of carbonyl (C=O) groups is 3. The Morgan fingerprint density at radius 2 is 1.79 bits per heavy atom. The predicted molar refractivity (Wildman–Crippen MR) is 120 cm³/mol. The molecule has 0 saturated heterocycles. The molecule has 3 amide bonds. The zero-order chi connectivity index (χ0) is 24.3. The lowest BCUT2D eigenvalue weighted by molar-refractivity contribution is -0.144. The molecule has 2 N–H and O–H groups in total. The van der Waals surface area contributed by atoms with Crippen molar-refractivity contribution in [3.8, 4) is 0 Å². The molecule has 3 rings (SSSR count). The van der Waals surface area contributed by atoms with Gasteiger partial charge in [0.1, 0.15) is 17.7 Å². The molecule has 1 aliphatic heterocycles. The quantitative estimate of drug-likeness (QED) is 0.698. The van der Waals surface area contributed by atoms with Crippen molar-refractivity contribution in [2.24, 2.45) is 0 Å². The zero-order valence-corrected chi connectivity index (χ0v) is 19.2. The maximum atomic E-state index is 13.3. The summed E-state index contributed by atoms with van der Waals surface area (Å²) in [6.45, 7) is 7.71. The number of carbonyl (C=O) groups excluding carboxylic acids is 3. The molecular weight excluding hydrogens is 428 g/mol. The number of rotatable bonds is 6. The van der Waals surface area contributed by atoms with Crippen molar-refractivity contribution in [2.75, 3.05) is 6.54 Å². The minimum absolute atomic E-state index is 0.158. The smallest absolute Gasteiger partial charge is 0.260 e. The summed E-state index contributed by atoms with van der Waals surface area (Å²) < 4.78 is 26.7. The number of halogens is 2. The molecule has 1 heterocycles. The highest BCUT2D eigenvalue weighted by Gasteiger charge is 2.39. The van der Waals surface area contributed by atoms with E-state index in [9.17, 15) is 23.2 Å². The molecule has 8 heteroatoms. The Kier molecular flexibility index (Phi) is 7.15. The number of hydrazine groups is 1. The second-order valence-electron chi connectivity index (χ2n) is 9.08. The molecule has 0 fully saturated rings. The lowest BCUT2D eigenvalue weighted by atomic mass is 9.79. The van der Waals surface area contributed by atoms with E-state index in [2.05, 4.69) is 10.7 Å². The van der Waals surface area contributed by atoms with Crippen LogP contribution in [0.5, 0.6) is 0 Å². The summed E-state index contributed by atoms with van der Waals surface area (Å²) in [6.07, 6.45) is 0.296. The van der Waals surface area contributed by atoms with Crippen LogP contribution in [-0.2, 0) is 26.2 Å². The molecule has 1 unspecified atom stereocenters. The van der Waals surface area contributed by atoms with Crippen molar-refractivity contribution in [3.05, 3.63) is 70.8 Å². The molecule has 2 aromatic rings. The Labute approximate surface area is 192 Å². The topological polar surface area (TPSA) is 78.5 Å². The summed E-state index contributed by atoms with van der Waals surface area (Å²) in [6, 6.07) is 9.69. The third-order valence-electron chi connectivity index (χ3n) is 5.89. The summed E-state index contributed by atoms with van der Waals surface area (Å²) >= 11 is 0. The number of hydrogen-bond donors (Lipinski definition) is 2. The van der Waals surface area contributed by atoms with E-state index in [1.165, 1.54) is 11.9 Å². The van der Waals surface area contributed by atoms with Gasteiger partial charge in [0.15, 0.2) is 0 Å². The standard InChI is InChI=1S/C25H29F2N3O3/c1-5-19-20-8-6-7-9-21(20)25(3,4)14-30(24(19)33)29-23(32)15(2)28-22(31)12-16-10-17(26)13-18(27)11-16/h6-11,13,15,19H,5,12,14H2,1-4H3,(H,28,31)(H,29,32)/t15-,19?/m0/s1. The summed E-state index contributed by atoms with van der Waals surface area (Å²) in [4.78, 5) is 38.4. The van der Waals surface area contributed by atoms with E-state index in [4.69, 9.17) is 0 Å². The van der Waals surface area contributed by atoms with E-state index in [1.54, 1.807) is 0 Å². The third-order valence-corrected chi connectivity index (χ3v) is 5.89. The highest BCUT2D eigenvalue weighted by atomic mass is 19.1. The number of amides is 3. The molecule has 2 atom stereocenters. The molecule has 2 aromatic carbocycles. The van der Waals surface area contributed by atoms with Gasteiger partial charge in [0.25, 0.3) is 5.91 Å². The molecular formula is C25H29F2N3O3. The van der Waals surface area contributed by atoms with Gasteiger partial charge in [-0.2, -0.15) is 0 Å². The van der Waals surface area contributed by atoms with Gasteiger partial charge in [-0.05, 0) is 42.2 Å². The largest absolute Gasteiger partial charge is 0.344 e. The van der Waals surface area contributed by atoms with Crippen molar-refractivity contribution in [2.45, 2.75) is 57.9 Å². The first kappa shape index (κ1) is 24.4. The van der Waals surface area contributed by atoms with Crippen LogP contribution in [0.1, 0.15) is 56.7 Å². The van der Waals surface area contributed by atoms with Crippen LogP contribution in [0.15, 0.2) is 42.5 Å². The SMILES string of the molecule is CCC1C(=O)N(NC(=O)[C@H](C)NC(=O)Cc2cc(F)cc(F)c2)CC(C)(C)c2ccccc21. The highest BCUT2D eigenvalue weighted by Crippen LogP contribution is 2.37. The van der Waals surface area contributed by atoms with Crippen LogP contribution in [0.3, 0.4) is 0 Å². The summed E-state index contributed by atoms with van der Waals surface area (Å²) in [5, 5.41) is 3.85. The Balaban J connectivity index is 1.69. The fourth-order valence-corrected chi connectivity index (χ4v) is 4.27. The number of nitrogens with one attached hydrogen (secondary N) is 2. The van der Waals surface area contributed by atoms with Gasteiger partial charge in [-0.15, -0.1) is 0 Å². The van der Waals surface area contributed by atoms with E-state index < -0.39 is 40.8 Å². The van der Waals surface area contributed by atoms with Gasteiger partial charge in [0, 0.05) is 11.5 Å². The minimum atomic E-state index is -0.961. The lowest BCUT2D eigenvalue weighted by Gasteiger charge is -2.31. The molecule has 0 aliphatic carbocycles. The van der Waals surface area contributed by atoms with Crippen LogP contribution in [0.4, 0.5) is 8.78 Å². The van der Waals surface area contributed by atoms with Gasteiger partial charge in [0.2, 0.25) is 11.8 Å². The van der Waals surface area contributed by atoms with Crippen molar-refractivity contribution in [1.29, 1.82) is 0 Å². The monoisotopic (exact) mass is 457 g/mol. The molecule has 176 valence electrons. The second kappa shape index (κ2) is 9.68. The van der Waals surface area contributed by atoms with Gasteiger partial charge in [-0.3, -0.25) is 24.8 Å². The summed E-state index contributed by atoms with van der Waals surface area (Å²) in [5.74, 6) is -3.29. The van der Waals surface area contributed by atoms with E-state index in [0.29, 0.717) is 6.42 Å². The fourth-order valence-electron chi connectivity index (χ4n) is 4.27. The minimum Gasteiger partial charge on any atom is -0.344 e. The summed E-state index contributed by atoms with van der Waals surface area (Å²) in [7, 11) is 0. The maximum absolute atomic E-state index is 13.3. The van der Waals surface area contributed by atoms with E-state index in [-0.39, 0.29) is 24.4 Å². The molecule has 0 radical (unpaired) electrons. The van der Waals surface area contributed by atoms with Gasteiger partial charge < -0.3 is 5.32 Å². The Morgan fingerprint density at radius 3 is 2.42 bits per heavy atom. The molecule has 6 nitrogen and oxygen atoms in total. The van der Waals surface area contributed by atoms with Gasteiger partial charge in [-0.1, -0.05) is 45.0 Å². The van der Waals surface area contributed by atoms with E-state index in [1.807, 2.05) is 45.0 Å². The Bertz CT molecular complexity index is 1050. The lowest BCUT2D eigenvalue weighted by Crippen LogP contribution is -2.55. The first-order valence-electron chi connectivity index (χ1n) is 11.0. The average Bonchev–Trinajstić information content (AvgIpc) is 2.80. The van der Waals surface area contributed by atoms with Gasteiger partial charge in [-0.25, -0.2) is 8.78 Å². The number of nitrogens with zero attached hydrogens (tertiary/aromatic N) is 1. The average molecular weight is 458 g/mol. The van der Waals surface area contributed by atoms with Crippen LogP contribution in [0, 0.1) is 11.6 Å². The van der Waals surface area contributed by atoms with Crippen LogP contribution < -0.4 is 10.7 Å². The van der Waals surface area contributed by atoms with E-state index in [0.717, 1.165) is 29.3 Å². The maximum Gasteiger partial charge on any atom is 0.260 e. The van der Waals surface area contributed by atoms with Gasteiger partial charge >= 0.3 is 0 Å². The number of hydrogen-bond acceptors (Lipinski definition) is 3. The van der Waals surface area contributed by atoms with Gasteiger partial charge in [0.05, 0.1) is 18.9 Å². The predicted octanol–water partition coefficient (Wildman–Crippen LogP) is 3.36. The van der Waals surface area contributed by atoms with Crippen molar-refractivity contribution in [3.63, 3.8) is 0 Å². The number of fused-ring (bicyclic) bond motifs is 1. The van der Waals surface area contributed by atoms with Crippen LogP contribution >= 0.6 is 0 Å². The first-order valence-corrected chi connectivity index (χ1v) is 11.0. The Morgan fingerprint density at radius 1 is 1.15 bits per heavy atom. The molecule has 33 heavy (non-hydrogen) atoms.